The van der Waals surface area contributed by atoms with E-state index in [0.29, 0.717) is 53.1 Å². The number of allylic oxidation sites excluding steroid dienone is 1. The first kappa shape index (κ1) is 34.8. The van der Waals surface area contributed by atoms with Gasteiger partial charge >= 0.3 is 24.4 Å². The summed E-state index contributed by atoms with van der Waals surface area (Å²) in [5.41, 5.74) is 0.544. The van der Waals surface area contributed by atoms with Crippen molar-refractivity contribution >= 4 is 17.6 Å². The molecule has 0 saturated carbocycles. The fourth-order valence-corrected chi connectivity index (χ4v) is 6.33. The maximum atomic E-state index is 13.6. The molecule has 0 bridgehead atoms. The third-order valence-corrected chi connectivity index (χ3v) is 8.85. The van der Waals surface area contributed by atoms with Crippen LogP contribution in [0.4, 0.5) is 31.1 Å². The maximum Gasteiger partial charge on any atom is 0.416 e. The number of methoxy groups -OCH3 is 2. The number of pyridine rings is 1. The Kier molecular flexibility index (Phi) is 9.28. The number of hydrogen-bond acceptors (Lipinski definition) is 6. The van der Waals surface area contributed by atoms with Gasteiger partial charge in [-0.05, 0) is 90.3 Å². The molecule has 7 nitrogen and oxygen atoms in total. The van der Waals surface area contributed by atoms with Crippen molar-refractivity contribution in [2.75, 3.05) is 20.8 Å². The van der Waals surface area contributed by atoms with Crippen molar-refractivity contribution in [3.05, 3.63) is 88.1 Å². The van der Waals surface area contributed by atoms with E-state index < -0.39 is 53.3 Å². The predicted molar refractivity (Wildman–Crippen MR) is 164 cm³/mol. The summed E-state index contributed by atoms with van der Waals surface area (Å²) in [7, 11) is 2.77. The zero-order valence-electron chi connectivity index (χ0n) is 26.9. The van der Waals surface area contributed by atoms with Crippen molar-refractivity contribution in [2.45, 2.75) is 64.5 Å². The predicted octanol–water partition coefficient (Wildman–Crippen LogP) is 9.13. The van der Waals surface area contributed by atoms with Crippen LogP contribution in [0.1, 0.15) is 78.7 Å². The summed E-state index contributed by atoms with van der Waals surface area (Å²) < 4.78 is 97.5. The van der Waals surface area contributed by atoms with Gasteiger partial charge < -0.3 is 14.2 Å². The Balaban J connectivity index is 1.54. The van der Waals surface area contributed by atoms with Crippen LogP contribution in [0, 0.1) is 5.41 Å². The van der Waals surface area contributed by atoms with Crippen LogP contribution in [0.3, 0.4) is 0 Å². The van der Waals surface area contributed by atoms with E-state index in [0.717, 1.165) is 17.6 Å². The summed E-state index contributed by atoms with van der Waals surface area (Å²) in [6.07, 6.45) is -8.81. The Labute approximate surface area is 273 Å². The molecule has 1 amide bonds. The third-order valence-electron chi connectivity index (χ3n) is 8.85. The van der Waals surface area contributed by atoms with E-state index in [4.69, 9.17) is 14.2 Å². The molecule has 5 rings (SSSR count). The topological polar surface area (TPSA) is 78.0 Å². The second kappa shape index (κ2) is 12.8. The quantitative estimate of drug-likeness (QED) is 0.184. The molecule has 0 N–H and O–H groups in total. The van der Waals surface area contributed by atoms with Crippen LogP contribution in [-0.4, -0.2) is 48.8 Å². The van der Waals surface area contributed by atoms with Crippen LogP contribution in [-0.2, 0) is 21.8 Å². The van der Waals surface area contributed by atoms with E-state index in [1.807, 2.05) is 12.1 Å². The maximum absolute atomic E-state index is 13.6. The first-order chi connectivity index (χ1) is 22.4. The molecular formula is C35H34F6N2O5. The van der Waals surface area contributed by atoms with E-state index in [9.17, 15) is 35.9 Å². The zero-order valence-corrected chi connectivity index (χ0v) is 26.9. The molecule has 3 aromatic rings. The molecule has 1 aliphatic carbocycles. The Morgan fingerprint density at radius 1 is 1.00 bits per heavy atom. The smallest absolute Gasteiger partial charge is 0.416 e. The lowest BCUT2D eigenvalue weighted by atomic mass is 9.72. The van der Waals surface area contributed by atoms with Crippen LogP contribution in [0.5, 0.6) is 5.88 Å². The lowest BCUT2D eigenvalue weighted by molar-refractivity contribution is -0.143. The highest BCUT2D eigenvalue weighted by Gasteiger charge is 2.44. The molecule has 2 aromatic carbocycles. The number of nitrogens with zero attached hydrogens (tertiary/aromatic N) is 2. The standard InChI is InChI=1S/C35H34F6N2O5/c1-19-29(22-12-25(34(36,37)38)15-26(13-22)35(39,40)41)48-32(45)43(19)18-24-16-33(2,3)10-9-27(24)28-14-23(17-42-30(28)46-4)20-7-6-8-21(11-20)31(44)47-5/h6-8,11-15,17,19,29H,9-10,16,18H2,1-5H3/t19-,29?/m0/s1. The van der Waals surface area contributed by atoms with Crippen molar-refractivity contribution in [1.29, 1.82) is 0 Å². The van der Waals surface area contributed by atoms with Crippen molar-refractivity contribution in [1.82, 2.24) is 9.88 Å². The minimum absolute atomic E-state index is 0.0194. The number of carbonyl (C=O) groups excluding carboxylic acids is 2. The number of hydrogen-bond donors (Lipinski definition) is 0. The molecule has 2 atom stereocenters. The fourth-order valence-electron chi connectivity index (χ4n) is 6.33. The number of carbonyl (C=O) groups is 2. The number of cyclic esters (lactones) is 1. The normalized spacial score (nSPS) is 19.7. The monoisotopic (exact) mass is 676 g/mol. The van der Waals surface area contributed by atoms with E-state index in [-0.39, 0.29) is 18.0 Å². The Hall–Kier alpha value is -4.55. The minimum Gasteiger partial charge on any atom is -0.481 e. The fraction of sp³-hybridized carbons (Fsp3) is 0.400. The van der Waals surface area contributed by atoms with Gasteiger partial charge in [0.1, 0.15) is 6.10 Å². The number of benzene rings is 2. The number of ether oxygens (including phenoxy) is 3. The molecule has 1 aliphatic heterocycles. The molecule has 1 fully saturated rings. The number of halogens is 6. The molecule has 13 heteroatoms. The van der Waals surface area contributed by atoms with Crippen molar-refractivity contribution in [2.24, 2.45) is 5.41 Å². The van der Waals surface area contributed by atoms with Gasteiger partial charge in [-0.2, -0.15) is 26.3 Å². The molecule has 0 radical (unpaired) electrons. The summed E-state index contributed by atoms with van der Waals surface area (Å²) in [5.74, 6) is -0.170. The summed E-state index contributed by atoms with van der Waals surface area (Å²) in [6.45, 7) is 5.70. The number of alkyl halides is 6. The molecule has 256 valence electrons. The zero-order chi connectivity index (χ0) is 35.2. The van der Waals surface area contributed by atoms with Gasteiger partial charge in [0, 0.05) is 23.9 Å². The average Bonchev–Trinajstić information content (AvgIpc) is 3.31. The molecule has 2 heterocycles. The van der Waals surface area contributed by atoms with Gasteiger partial charge in [-0.1, -0.05) is 26.0 Å². The van der Waals surface area contributed by atoms with E-state index in [2.05, 4.69) is 18.8 Å². The highest BCUT2D eigenvalue weighted by Crippen LogP contribution is 2.47. The van der Waals surface area contributed by atoms with Gasteiger partial charge in [0.15, 0.2) is 0 Å². The Morgan fingerprint density at radius 3 is 2.27 bits per heavy atom. The van der Waals surface area contributed by atoms with Crippen LogP contribution >= 0.6 is 0 Å². The first-order valence-corrected chi connectivity index (χ1v) is 15.1. The van der Waals surface area contributed by atoms with E-state index in [1.54, 1.807) is 24.4 Å². The van der Waals surface area contributed by atoms with Gasteiger partial charge in [-0.3, -0.25) is 4.90 Å². The summed E-state index contributed by atoms with van der Waals surface area (Å²) in [5, 5.41) is 0. The first-order valence-electron chi connectivity index (χ1n) is 15.1. The lowest BCUT2D eigenvalue weighted by Crippen LogP contribution is -2.35. The number of aromatic nitrogens is 1. The van der Waals surface area contributed by atoms with Gasteiger partial charge in [-0.25, -0.2) is 14.6 Å². The van der Waals surface area contributed by atoms with Crippen LogP contribution in [0.25, 0.3) is 16.7 Å². The highest BCUT2D eigenvalue weighted by atomic mass is 19.4. The molecular weight excluding hydrogens is 642 g/mol. The summed E-state index contributed by atoms with van der Waals surface area (Å²) >= 11 is 0. The minimum atomic E-state index is -5.04. The van der Waals surface area contributed by atoms with E-state index >= 15 is 0 Å². The number of rotatable bonds is 7. The molecule has 2 aliphatic rings. The second-order valence-electron chi connectivity index (χ2n) is 12.8. The Morgan fingerprint density at radius 2 is 1.67 bits per heavy atom. The molecule has 48 heavy (non-hydrogen) atoms. The van der Waals surface area contributed by atoms with Crippen LogP contribution in [0.2, 0.25) is 0 Å². The van der Waals surface area contributed by atoms with Crippen LogP contribution < -0.4 is 4.74 Å². The molecule has 1 unspecified atom stereocenters. The molecule has 0 spiro atoms. The number of amides is 1. The van der Waals surface area contributed by atoms with Crippen molar-refractivity contribution < 1.29 is 50.1 Å². The third kappa shape index (κ3) is 7.14. The number of esters is 1. The van der Waals surface area contributed by atoms with E-state index in [1.165, 1.54) is 26.0 Å². The van der Waals surface area contributed by atoms with Gasteiger partial charge in [0.05, 0.1) is 37.0 Å². The summed E-state index contributed by atoms with van der Waals surface area (Å²) in [6, 6.07) is 9.07. The van der Waals surface area contributed by atoms with Gasteiger partial charge in [0.2, 0.25) is 5.88 Å². The Bertz CT molecular complexity index is 1730. The van der Waals surface area contributed by atoms with Crippen LogP contribution in [0.15, 0.2) is 60.3 Å². The second-order valence-corrected chi connectivity index (χ2v) is 12.8. The largest absolute Gasteiger partial charge is 0.481 e. The molecule has 1 aromatic heterocycles. The average molecular weight is 677 g/mol. The van der Waals surface area contributed by atoms with Gasteiger partial charge in [-0.15, -0.1) is 0 Å². The molecule has 1 saturated heterocycles. The van der Waals surface area contributed by atoms with Gasteiger partial charge in [0.25, 0.3) is 0 Å². The summed E-state index contributed by atoms with van der Waals surface area (Å²) in [4.78, 5) is 31.3. The van der Waals surface area contributed by atoms with Crippen molar-refractivity contribution in [3.63, 3.8) is 0 Å². The highest BCUT2D eigenvalue weighted by molar-refractivity contribution is 5.91. The lowest BCUT2D eigenvalue weighted by Gasteiger charge is -2.35. The van der Waals surface area contributed by atoms with Crippen molar-refractivity contribution in [3.8, 4) is 17.0 Å². The SMILES string of the molecule is COC(=O)c1cccc(-c2cnc(OC)c(C3=C(CN4C(=O)OC(c5cc(C(F)(F)F)cc(C(F)(F)F)c5)[C@@H]4C)CC(C)(C)CC3)c2)c1.